The fraction of sp³-hybridized carbons (Fsp3) is 1.00. The largest absolute Gasteiger partial charge is 0.311 e. The van der Waals surface area contributed by atoms with Crippen LogP contribution in [0.3, 0.4) is 0 Å². The van der Waals surface area contributed by atoms with Crippen LogP contribution in [0.4, 0.5) is 0 Å². The summed E-state index contributed by atoms with van der Waals surface area (Å²) < 4.78 is 0. The molecule has 0 aliphatic carbocycles. The predicted octanol–water partition coefficient (Wildman–Crippen LogP) is 2.82. The van der Waals surface area contributed by atoms with Crippen molar-refractivity contribution in [3.05, 3.63) is 0 Å². The van der Waals surface area contributed by atoms with Crippen LogP contribution in [0.2, 0.25) is 0 Å². The molecular weight excluding hydrogens is 246 g/mol. The number of likely N-dealkylation sites (tertiary alicyclic amines) is 1. The van der Waals surface area contributed by atoms with E-state index in [1.54, 1.807) is 0 Å². The van der Waals surface area contributed by atoms with Gasteiger partial charge in [-0.3, -0.25) is 0 Å². The van der Waals surface area contributed by atoms with Crippen molar-refractivity contribution < 1.29 is 0 Å². The van der Waals surface area contributed by atoms with E-state index in [9.17, 15) is 0 Å². The maximum absolute atomic E-state index is 3.88. The third kappa shape index (κ3) is 5.71. The SMILES string of the molecule is CCN(CC)CCCC(C)NC1CC(C)N(C)CC1C. The molecule has 0 bridgehead atoms. The molecule has 0 amide bonds. The first-order valence-electron chi connectivity index (χ1n) is 8.66. The Morgan fingerprint density at radius 1 is 1.25 bits per heavy atom. The van der Waals surface area contributed by atoms with Gasteiger partial charge in [0.25, 0.3) is 0 Å². The Kier molecular flexibility index (Phi) is 8.08. The Balaban J connectivity index is 2.26. The summed E-state index contributed by atoms with van der Waals surface area (Å²) in [6.07, 6.45) is 3.90. The normalized spacial score (nSPS) is 29.9. The molecule has 3 heteroatoms. The summed E-state index contributed by atoms with van der Waals surface area (Å²) in [5, 5.41) is 3.88. The van der Waals surface area contributed by atoms with Crippen LogP contribution in [0.15, 0.2) is 0 Å². The van der Waals surface area contributed by atoms with E-state index in [2.05, 4.69) is 56.8 Å². The number of hydrogen-bond acceptors (Lipinski definition) is 3. The average Bonchev–Trinajstić information content (AvgIpc) is 2.41. The van der Waals surface area contributed by atoms with Crippen LogP contribution in [-0.4, -0.2) is 61.2 Å². The Bertz CT molecular complexity index is 253. The van der Waals surface area contributed by atoms with Gasteiger partial charge in [-0.2, -0.15) is 0 Å². The molecule has 0 saturated carbocycles. The lowest BCUT2D eigenvalue weighted by atomic mass is 9.89. The molecule has 0 aromatic rings. The maximum Gasteiger partial charge on any atom is 0.0122 e. The van der Waals surface area contributed by atoms with Crippen molar-refractivity contribution in [2.24, 2.45) is 5.92 Å². The zero-order valence-corrected chi connectivity index (χ0v) is 14.7. The highest BCUT2D eigenvalue weighted by atomic mass is 15.2. The fourth-order valence-corrected chi connectivity index (χ4v) is 3.38. The molecule has 0 aromatic carbocycles. The summed E-state index contributed by atoms with van der Waals surface area (Å²) >= 11 is 0. The van der Waals surface area contributed by atoms with Crippen LogP contribution < -0.4 is 5.32 Å². The molecule has 0 radical (unpaired) electrons. The van der Waals surface area contributed by atoms with Crippen LogP contribution >= 0.6 is 0 Å². The van der Waals surface area contributed by atoms with Crippen molar-refractivity contribution in [1.82, 2.24) is 15.1 Å². The molecule has 4 atom stereocenters. The van der Waals surface area contributed by atoms with E-state index in [0.29, 0.717) is 18.1 Å². The first kappa shape index (κ1) is 17.9. The predicted molar refractivity (Wildman–Crippen MR) is 89.3 cm³/mol. The van der Waals surface area contributed by atoms with Gasteiger partial charge >= 0.3 is 0 Å². The molecule has 1 aliphatic rings. The number of nitrogens with zero attached hydrogens (tertiary/aromatic N) is 2. The minimum absolute atomic E-state index is 0.647. The highest BCUT2D eigenvalue weighted by Gasteiger charge is 2.29. The van der Waals surface area contributed by atoms with Crippen LogP contribution in [0.5, 0.6) is 0 Å². The monoisotopic (exact) mass is 283 g/mol. The van der Waals surface area contributed by atoms with E-state index in [0.717, 1.165) is 5.92 Å². The summed E-state index contributed by atoms with van der Waals surface area (Å²) in [7, 11) is 2.25. The Morgan fingerprint density at radius 2 is 1.90 bits per heavy atom. The first-order chi connectivity index (χ1) is 9.47. The van der Waals surface area contributed by atoms with Gasteiger partial charge in [0.15, 0.2) is 0 Å². The third-order valence-electron chi connectivity index (χ3n) is 5.11. The lowest BCUT2D eigenvalue weighted by molar-refractivity contribution is 0.115. The molecular formula is C17H37N3. The van der Waals surface area contributed by atoms with Crippen molar-refractivity contribution in [1.29, 1.82) is 0 Å². The minimum Gasteiger partial charge on any atom is -0.311 e. The van der Waals surface area contributed by atoms with E-state index in [-0.39, 0.29) is 0 Å². The summed E-state index contributed by atoms with van der Waals surface area (Å²) in [5.41, 5.74) is 0. The van der Waals surface area contributed by atoms with Crippen molar-refractivity contribution in [3.8, 4) is 0 Å². The molecule has 1 rings (SSSR count). The molecule has 0 aromatic heterocycles. The van der Waals surface area contributed by atoms with Crippen LogP contribution in [-0.2, 0) is 0 Å². The second-order valence-corrected chi connectivity index (χ2v) is 6.84. The van der Waals surface area contributed by atoms with Gasteiger partial charge in [-0.1, -0.05) is 20.8 Å². The van der Waals surface area contributed by atoms with E-state index in [1.807, 2.05) is 0 Å². The summed E-state index contributed by atoms with van der Waals surface area (Å²) in [4.78, 5) is 5.01. The molecule has 4 unspecified atom stereocenters. The quantitative estimate of drug-likeness (QED) is 0.739. The van der Waals surface area contributed by atoms with Gasteiger partial charge in [0.2, 0.25) is 0 Å². The number of rotatable bonds is 8. The van der Waals surface area contributed by atoms with Gasteiger partial charge in [0.05, 0.1) is 0 Å². The van der Waals surface area contributed by atoms with Gasteiger partial charge in [-0.05, 0) is 65.7 Å². The van der Waals surface area contributed by atoms with Crippen LogP contribution in [0.25, 0.3) is 0 Å². The van der Waals surface area contributed by atoms with E-state index in [1.165, 1.54) is 45.4 Å². The summed E-state index contributed by atoms with van der Waals surface area (Å²) in [5.74, 6) is 0.765. The number of hydrogen-bond donors (Lipinski definition) is 1. The van der Waals surface area contributed by atoms with Crippen LogP contribution in [0.1, 0.15) is 53.9 Å². The summed E-state index contributed by atoms with van der Waals surface area (Å²) in [6, 6.07) is 2.06. The molecule has 1 fully saturated rings. The molecule has 1 N–H and O–H groups in total. The molecule has 1 heterocycles. The second kappa shape index (κ2) is 9.01. The van der Waals surface area contributed by atoms with Gasteiger partial charge in [-0.25, -0.2) is 0 Å². The van der Waals surface area contributed by atoms with Gasteiger partial charge in [0, 0.05) is 24.7 Å². The highest BCUT2D eigenvalue weighted by molar-refractivity contribution is 4.87. The number of nitrogens with one attached hydrogen (secondary N) is 1. The maximum atomic E-state index is 3.88. The molecule has 20 heavy (non-hydrogen) atoms. The van der Waals surface area contributed by atoms with Crippen molar-refractivity contribution >= 4 is 0 Å². The van der Waals surface area contributed by atoms with E-state index in [4.69, 9.17) is 0 Å². The lowest BCUT2D eigenvalue weighted by Gasteiger charge is -2.41. The lowest BCUT2D eigenvalue weighted by Crippen LogP contribution is -2.52. The average molecular weight is 284 g/mol. The molecule has 3 nitrogen and oxygen atoms in total. The highest BCUT2D eigenvalue weighted by Crippen LogP contribution is 2.21. The van der Waals surface area contributed by atoms with E-state index >= 15 is 0 Å². The minimum atomic E-state index is 0.647. The molecule has 120 valence electrons. The topological polar surface area (TPSA) is 18.5 Å². The standard InChI is InChI=1S/C17H37N3/c1-7-20(8-2)11-9-10-15(4)18-17-12-16(5)19(6)13-14(17)3/h14-18H,7-13H2,1-6H3. The number of piperidine rings is 1. The Hall–Kier alpha value is -0.120. The molecule has 1 aliphatic heterocycles. The Labute approximate surface area is 127 Å². The van der Waals surface area contributed by atoms with Crippen molar-refractivity contribution in [2.45, 2.75) is 72.0 Å². The molecule has 0 spiro atoms. The van der Waals surface area contributed by atoms with Crippen molar-refractivity contribution in [2.75, 3.05) is 33.2 Å². The second-order valence-electron chi connectivity index (χ2n) is 6.84. The van der Waals surface area contributed by atoms with Gasteiger partial charge in [-0.15, -0.1) is 0 Å². The van der Waals surface area contributed by atoms with Gasteiger partial charge < -0.3 is 15.1 Å². The first-order valence-corrected chi connectivity index (χ1v) is 8.66. The molecule has 1 saturated heterocycles. The van der Waals surface area contributed by atoms with Gasteiger partial charge in [0.1, 0.15) is 0 Å². The zero-order valence-electron chi connectivity index (χ0n) is 14.7. The van der Waals surface area contributed by atoms with E-state index < -0.39 is 0 Å². The zero-order chi connectivity index (χ0) is 15.1. The van der Waals surface area contributed by atoms with Crippen molar-refractivity contribution in [3.63, 3.8) is 0 Å². The third-order valence-corrected chi connectivity index (χ3v) is 5.11. The van der Waals surface area contributed by atoms with Crippen LogP contribution in [0, 0.1) is 5.92 Å². The smallest absolute Gasteiger partial charge is 0.0122 e. The Morgan fingerprint density at radius 3 is 2.50 bits per heavy atom. The summed E-state index contributed by atoms with van der Waals surface area (Å²) in [6.45, 7) is 16.5. The fourth-order valence-electron chi connectivity index (χ4n) is 3.38.